The number of pyridine rings is 1. The molecule has 1 amide bonds. The molecule has 3 aromatic rings. The Hall–Kier alpha value is -3.14. The molecule has 1 N–H and O–H groups in total. The fourth-order valence-electron chi connectivity index (χ4n) is 2.51. The summed E-state index contributed by atoms with van der Waals surface area (Å²) in [4.78, 5) is 16.3. The largest absolute Gasteiger partial charge is 0.457 e. The van der Waals surface area contributed by atoms with Crippen molar-refractivity contribution >= 4 is 11.6 Å². The van der Waals surface area contributed by atoms with Gasteiger partial charge in [0.1, 0.15) is 11.5 Å². The van der Waals surface area contributed by atoms with E-state index in [-0.39, 0.29) is 11.8 Å². The van der Waals surface area contributed by atoms with E-state index in [1.54, 1.807) is 12.4 Å². The summed E-state index contributed by atoms with van der Waals surface area (Å²) in [5.74, 6) is 1.61. The van der Waals surface area contributed by atoms with Gasteiger partial charge in [0.2, 0.25) is 5.91 Å². The summed E-state index contributed by atoms with van der Waals surface area (Å²) in [5, 5.41) is 2.92. The van der Waals surface area contributed by atoms with Gasteiger partial charge in [-0.3, -0.25) is 9.78 Å². The summed E-state index contributed by atoms with van der Waals surface area (Å²) in [5.41, 5.74) is 1.81. The van der Waals surface area contributed by atoms with E-state index in [0.717, 1.165) is 22.7 Å². The molecule has 0 saturated heterocycles. The van der Waals surface area contributed by atoms with Crippen LogP contribution in [-0.4, -0.2) is 10.9 Å². The Bertz CT molecular complexity index is 802. The fraction of sp³-hybridized carbons (Fsp3) is 0.143. The molecule has 25 heavy (non-hydrogen) atoms. The molecule has 3 rings (SSSR count). The lowest BCUT2D eigenvalue weighted by molar-refractivity contribution is -0.116. The smallest absolute Gasteiger partial charge is 0.224 e. The van der Waals surface area contributed by atoms with Crippen molar-refractivity contribution in [2.45, 2.75) is 19.3 Å². The molecule has 0 aliphatic heterocycles. The van der Waals surface area contributed by atoms with Gasteiger partial charge in [-0.15, -0.1) is 0 Å². The highest BCUT2D eigenvalue weighted by Crippen LogP contribution is 2.23. The van der Waals surface area contributed by atoms with E-state index in [1.807, 2.05) is 73.7 Å². The van der Waals surface area contributed by atoms with Gasteiger partial charge in [-0.05, 0) is 53.9 Å². The number of anilines is 1. The molecule has 0 saturated carbocycles. The zero-order valence-electron chi connectivity index (χ0n) is 14.1. The van der Waals surface area contributed by atoms with E-state index in [4.69, 9.17) is 4.74 Å². The van der Waals surface area contributed by atoms with E-state index < -0.39 is 0 Å². The number of benzene rings is 2. The molecule has 0 aliphatic carbocycles. The monoisotopic (exact) mass is 332 g/mol. The summed E-state index contributed by atoms with van der Waals surface area (Å²) < 4.78 is 5.74. The van der Waals surface area contributed by atoms with Crippen LogP contribution in [0.25, 0.3) is 0 Å². The molecule has 126 valence electrons. The first-order valence-electron chi connectivity index (χ1n) is 8.23. The average Bonchev–Trinajstić information content (AvgIpc) is 2.65. The summed E-state index contributed by atoms with van der Waals surface area (Å²) in [6, 6.07) is 20.8. The van der Waals surface area contributed by atoms with E-state index in [0.29, 0.717) is 6.42 Å². The maximum absolute atomic E-state index is 12.2. The van der Waals surface area contributed by atoms with Gasteiger partial charge < -0.3 is 10.1 Å². The normalized spacial score (nSPS) is 11.6. The standard InChI is InChI=1S/C21H20N2O2/c1-16(17-6-5-13-22-15-17)14-21(24)23-18-9-11-20(12-10-18)25-19-7-3-2-4-8-19/h2-13,15-16H,14H2,1H3,(H,23,24). The second kappa shape index (κ2) is 8.11. The van der Waals surface area contributed by atoms with Gasteiger partial charge in [0, 0.05) is 24.5 Å². The maximum atomic E-state index is 12.2. The van der Waals surface area contributed by atoms with Gasteiger partial charge in [-0.25, -0.2) is 0 Å². The lowest BCUT2D eigenvalue weighted by Crippen LogP contribution is -2.14. The molecule has 0 fully saturated rings. The minimum absolute atomic E-state index is 0.0203. The third-order valence-corrected chi connectivity index (χ3v) is 3.86. The number of aromatic nitrogens is 1. The predicted molar refractivity (Wildman–Crippen MR) is 98.9 cm³/mol. The van der Waals surface area contributed by atoms with Gasteiger partial charge >= 0.3 is 0 Å². The summed E-state index contributed by atoms with van der Waals surface area (Å²) >= 11 is 0. The quantitative estimate of drug-likeness (QED) is 0.690. The molecule has 1 heterocycles. The van der Waals surface area contributed by atoms with Crippen molar-refractivity contribution in [2.75, 3.05) is 5.32 Å². The highest BCUT2D eigenvalue weighted by atomic mass is 16.5. The Morgan fingerprint density at radius 2 is 1.72 bits per heavy atom. The average molecular weight is 332 g/mol. The molecule has 0 bridgehead atoms. The Labute approximate surface area is 147 Å². The molecule has 0 aliphatic rings. The van der Waals surface area contributed by atoms with Gasteiger partial charge in [-0.1, -0.05) is 31.2 Å². The van der Waals surface area contributed by atoms with Crippen molar-refractivity contribution in [3.63, 3.8) is 0 Å². The van der Waals surface area contributed by atoms with Crippen molar-refractivity contribution < 1.29 is 9.53 Å². The molecule has 1 unspecified atom stereocenters. The number of nitrogens with one attached hydrogen (secondary N) is 1. The van der Waals surface area contributed by atoms with Crippen LogP contribution in [0.3, 0.4) is 0 Å². The summed E-state index contributed by atoms with van der Waals surface area (Å²) in [7, 11) is 0. The Kier molecular flexibility index (Phi) is 5.42. The van der Waals surface area contributed by atoms with Crippen LogP contribution in [0.2, 0.25) is 0 Å². The lowest BCUT2D eigenvalue weighted by atomic mass is 9.99. The number of ether oxygens (including phenoxy) is 1. The van der Waals surface area contributed by atoms with Crippen LogP contribution in [0.15, 0.2) is 79.1 Å². The molecule has 4 heteroatoms. The van der Waals surface area contributed by atoms with Crippen LogP contribution in [0.5, 0.6) is 11.5 Å². The van der Waals surface area contributed by atoms with Crippen LogP contribution in [-0.2, 0) is 4.79 Å². The SMILES string of the molecule is CC(CC(=O)Nc1ccc(Oc2ccccc2)cc1)c1cccnc1. The van der Waals surface area contributed by atoms with Crippen LogP contribution < -0.4 is 10.1 Å². The Balaban J connectivity index is 1.55. The maximum Gasteiger partial charge on any atom is 0.224 e. The van der Waals surface area contributed by atoms with Crippen molar-refractivity contribution in [1.29, 1.82) is 0 Å². The van der Waals surface area contributed by atoms with Gasteiger partial charge in [-0.2, -0.15) is 0 Å². The molecule has 1 atom stereocenters. The number of rotatable bonds is 6. The van der Waals surface area contributed by atoms with Gasteiger partial charge in [0.15, 0.2) is 0 Å². The molecular formula is C21H20N2O2. The highest BCUT2D eigenvalue weighted by molar-refractivity contribution is 5.91. The van der Waals surface area contributed by atoms with E-state index in [1.165, 1.54) is 0 Å². The van der Waals surface area contributed by atoms with Gasteiger partial charge in [0.25, 0.3) is 0 Å². The van der Waals surface area contributed by atoms with Crippen molar-refractivity contribution in [3.8, 4) is 11.5 Å². The highest BCUT2D eigenvalue weighted by Gasteiger charge is 2.11. The topological polar surface area (TPSA) is 51.2 Å². The molecule has 4 nitrogen and oxygen atoms in total. The van der Waals surface area contributed by atoms with E-state index >= 15 is 0 Å². The number of para-hydroxylation sites is 1. The molecular weight excluding hydrogens is 312 g/mol. The zero-order chi connectivity index (χ0) is 17.5. The van der Waals surface area contributed by atoms with Crippen LogP contribution in [0.4, 0.5) is 5.69 Å². The van der Waals surface area contributed by atoms with Crippen molar-refractivity contribution in [1.82, 2.24) is 4.98 Å². The third-order valence-electron chi connectivity index (χ3n) is 3.86. The van der Waals surface area contributed by atoms with Crippen LogP contribution in [0, 0.1) is 0 Å². The van der Waals surface area contributed by atoms with Crippen LogP contribution >= 0.6 is 0 Å². The number of hydrogen-bond acceptors (Lipinski definition) is 3. The fourth-order valence-corrected chi connectivity index (χ4v) is 2.51. The van der Waals surface area contributed by atoms with E-state index in [2.05, 4.69) is 10.3 Å². The number of nitrogens with zero attached hydrogens (tertiary/aromatic N) is 1. The zero-order valence-corrected chi connectivity index (χ0v) is 14.1. The Morgan fingerprint density at radius 1 is 1.00 bits per heavy atom. The van der Waals surface area contributed by atoms with Crippen molar-refractivity contribution in [3.05, 3.63) is 84.7 Å². The van der Waals surface area contributed by atoms with E-state index in [9.17, 15) is 4.79 Å². The number of carbonyl (C=O) groups excluding carboxylic acids is 1. The van der Waals surface area contributed by atoms with Crippen molar-refractivity contribution in [2.24, 2.45) is 0 Å². The summed E-state index contributed by atoms with van der Waals surface area (Å²) in [6.45, 7) is 2.02. The molecule has 1 aromatic heterocycles. The van der Waals surface area contributed by atoms with Gasteiger partial charge in [0.05, 0.1) is 0 Å². The first-order chi connectivity index (χ1) is 12.2. The molecule has 0 radical (unpaired) electrons. The minimum Gasteiger partial charge on any atom is -0.457 e. The van der Waals surface area contributed by atoms with Crippen LogP contribution in [0.1, 0.15) is 24.8 Å². The lowest BCUT2D eigenvalue weighted by Gasteiger charge is -2.12. The number of hydrogen-bond donors (Lipinski definition) is 1. The number of carbonyl (C=O) groups is 1. The minimum atomic E-state index is -0.0203. The second-order valence-corrected chi connectivity index (χ2v) is 5.88. The number of amides is 1. The first-order valence-corrected chi connectivity index (χ1v) is 8.23. The third kappa shape index (κ3) is 4.91. The Morgan fingerprint density at radius 3 is 2.40 bits per heavy atom. The first kappa shape index (κ1) is 16.7. The summed E-state index contributed by atoms with van der Waals surface area (Å²) in [6.07, 6.45) is 3.94. The second-order valence-electron chi connectivity index (χ2n) is 5.88. The predicted octanol–water partition coefficient (Wildman–Crippen LogP) is 5.01. The molecule has 2 aromatic carbocycles. The molecule has 0 spiro atoms.